The lowest BCUT2D eigenvalue weighted by Crippen LogP contribution is -2.41. The summed E-state index contributed by atoms with van der Waals surface area (Å²) in [6.07, 6.45) is 0.533. The van der Waals surface area contributed by atoms with Gasteiger partial charge in [-0.15, -0.1) is 0 Å². The summed E-state index contributed by atoms with van der Waals surface area (Å²) in [6, 6.07) is -0.953. The predicted molar refractivity (Wildman–Crippen MR) is 58.0 cm³/mol. The van der Waals surface area contributed by atoms with E-state index in [0.717, 1.165) is 4.90 Å². The van der Waals surface area contributed by atoms with Crippen molar-refractivity contribution in [3.8, 4) is 0 Å². The first-order valence-electron chi connectivity index (χ1n) is 5.71. The fraction of sp³-hybridized carbons (Fsp3) is 0.333. The first kappa shape index (κ1) is 14.3. The van der Waals surface area contributed by atoms with E-state index in [0.29, 0.717) is 6.42 Å². The van der Waals surface area contributed by atoms with Gasteiger partial charge in [-0.2, -0.15) is 0 Å². The molecule has 1 aliphatic rings. The first-order valence-corrected chi connectivity index (χ1v) is 5.71. The predicted octanol–water partition coefficient (Wildman–Crippen LogP) is 1.93. The Labute approximate surface area is 110 Å². The van der Waals surface area contributed by atoms with Crippen LogP contribution in [0.4, 0.5) is 17.6 Å². The number of hydrogen-bond donors (Lipinski definition) is 1. The molecule has 1 N–H and O–H groups in total. The number of carboxylic acid groups (broad SMARTS) is 1. The van der Waals surface area contributed by atoms with Gasteiger partial charge in [-0.3, -0.25) is 4.79 Å². The molecule has 1 amide bonds. The molecule has 0 aromatic heterocycles. The summed E-state index contributed by atoms with van der Waals surface area (Å²) in [5, 5.41) is 8.91. The number of carboxylic acids is 1. The second kappa shape index (κ2) is 5.10. The average Bonchev–Trinajstić information content (AvgIpc) is 2.89. The van der Waals surface area contributed by atoms with Gasteiger partial charge in [0.1, 0.15) is 6.04 Å². The van der Waals surface area contributed by atoms with Gasteiger partial charge in [0.15, 0.2) is 23.3 Å². The Hall–Kier alpha value is -2.12. The molecule has 0 radical (unpaired) electrons. The van der Waals surface area contributed by atoms with Gasteiger partial charge >= 0.3 is 5.97 Å². The number of halogens is 4. The van der Waals surface area contributed by atoms with E-state index >= 15 is 0 Å². The van der Waals surface area contributed by atoms with E-state index < -0.39 is 46.8 Å². The van der Waals surface area contributed by atoms with Gasteiger partial charge < -0.3 is 10.0 Å². The van der Waals surface area contributed by atoms with Crippen molar-refractivity contribution in [1.82, 2.24) is 4.90 Å². The number of carbonyl (C=O) groups excluding carboxylic acids is 1. The van der Waals surface area contributed by atoms with Gasteiger partial charge in [-0.05, 0) is 18.9 Å². The maximum absolute atomic E-state index is 13.5. The summed E-state index contributed by atoms with van der Waals surface area (Å²) in [4.78, 5) is 23.7. The quantitative estimate of drug-likeness (QED) is 0.514. The van der Waals surface area contributed by atoms with Crippen molar-refractivity contribution in [3.63, 3.8) is 0 Å². The van der Waals surface area contributed by atoms with Crippen LogP contribution in [0.1, 0.15) is 23.2 Å². The van der Waals surface area contributed by atoms with Crippen molar-refractivity contribution in [2.24, 2.45) is 0 Å². The summed E-state index contributed by atoms with van der Waals surface area (Å²) < 4.78 is 52.4. The van der Waals surface area contributed by atoms with Crippen LogP contribution in [0, 0.1) is 23.3 Å². The third-order valence-electron chi connectivity index (χ3n) is 3.13. The second-order valence-electron chi connectivity index (χ2n) is 4.34. The van der Waals surface area contributed by atoms with E-state index in [1.165, 1.54) is 0 Å². The molecule has 1 aromatic carbocycles. The van der Waals surface area contributed by atoms with Gasteiger partial charge in [0.05, 0.1) is 5.56 Å². The molecule has 108 valence electrons. The Bertz CT molecular complexity index is 591. The van der Waals surface area contributed by atoms with Crippen molar-refractivity contribution in [2.75, 3.05) is 6.54 Å². The molecular weight excluding hydrogens is 282 g/mol. The van der Waals surface area contributed by atoms with Crippen LogP contribution in [-0.2, 0) is 4.79 Å². The molecular formula is C12H9F4NO3. The maximum Gasteiger partial charge on any atom is 0.326 e. The fourth-order valence-corrected chi connectivity index (χ4v) is 2.15. The molecule has 2 rings (SSSR count). The molecule has 0 saturated carbocycles. The van der Waals surface area contributed by atoms with Crippen LogP contribution in [0.15, 0.2) is 6.07 Å². The van der Waals surface area contributed by atoms with Crippen LogP contribution in [-0.4, -0.2) is 34.5 Å². The molecule has 1 aromatic rings. The minimum absolute atomic E-state index is 0.0237. The van der Waals surface area contributed by atoms with Crippen molar-refractivity contribution in [3.05, 3.63) is 34.9 Å². The number of hydrogen-bond acceptors (Lipinski definition) is 2. The second-order valence-corrected chi connectivity index (χ2v) is 4.34. The Morgan fingerprint density at radius 2 is 1.80 bits per heavy atom. The Balaban J connectivity index is 2.42. The lowest BCUT2D eigenvalue weighted by atomic mass is 10.1. The van der Waals surface area contributed by atoms with E-state index in [-0.39, 0.29) is 19.0 Å². The van der Waals surface area contributed by atoms with Crippen LogP contribution in [0.2, 0.25) is 0 Å². The smallest absolute Gasteiger partial charge is 0.326 e. The maximum atomic E-state index is 13.5. The topological polar surface area (TPSA) is 57.6 Å². The number of aliphatic carboxylic acids is 1. The van der Waals surface area contributed by atoms with Crippen molar-refractivity contribution < 1.29 is 32.3 Å². The molecule has 20 heavy (non-hydrogen) atoms. The molecule has 0 aliphatic carbocycles. The minimum Gasteiger partial charge on any atom is -0.480 e. The first-order chi connectivity index (χ1) is 9.34. The highest BCUT2D eigenvalue weighted by Crippen LogP contribution is 2.24. The molecule has 1 saturated heterocycles. The highest BCUT2D eigenvalue weighted by molar-refractivity contribution is 5.97. The number of likely N-dealkylation sites (tertiary alicyclic amines) is 1. The fourth-order valence-electron chi connectivity index (χ4n) is 2.15. The minimum atomic E-state index is -2.10. The molecule has 1 atom stereocenters. The Kier molecular flexibility index (Phi) is 3.65. The summed E-state index contributed by atoms with van der Waals surface area (Å²) in [5.41, 5.74) is -1.02. The molecule has 1 fully saturated rings. The molecule has 1 heterocycles. The largest absolute Gasteiger partial charge is 0.480 e. The summed E-state index contributed by atoms with van der Waals surface area (Å²) in [5.74, 6) is -10.1. The number of rotatable bonds is 2. The van der Waals surface area contributed by atoms with Crippen molar-refractivity contribution in [1.29, 1.82) is 0 Å². The summed E-state index contributed by atoms with van der Waals surface area (Å²) in [7, 11) is 0. The van der Waals surface area contributed by atoms with Crippen LogP contribution >= 0.6 is 0 Å². The molecule has 0 unspecified atom stereocenters. The van der Waals surface area contributed by atoms with Crippen LogP contribution in [0.5, 0.6) is 0 Å². The average molecular weight is 291 g/mol. The van der Waals surface area contributed by atoms with Crippen LogP contribution in [0.25, 0.3) is 0 Å². The number of nitrogens with zero attached hydrogens (tertiary/aromatic N) is 1. The van der Waals surface area contributed by atoms with E-state index in [1.807, 2.05) is 0 Å². The lowest BCUT2D eigenvalue weighted by Gasteiger charge is -2.21. The van der Waals surface area contributed by atoms with Gasteiger partial charge in [0, 0.05) is 6.54 Å². The van der Waals surface area contributed by atoms with E-state index in [2.05, 4.69) is 0 Å². The molecule has 8 heteroatoms. The Morgan fingerprint density at radius 3 is 2.40 bits per heavy atom. The van der Waals surface area contributed by atoms with Crippen molar-refractivity contribution in [2.45, 2.75) is 18.9 Å². The highest BCUT2D eigenvalue weighted by Gasteiger charge is 2.36. The van der Waals surface area contributed by atoms with Gasteiger partial charge in [0.25, 0.3) is 5.91 Å². The monoisotopic (exact) mass is 291 g/mol. The Morgan fingerprint density at radius 1 is 1.15 bits per heavy atom. The zero-order chi connectivity index (χ0) is 15.0. The van der Waals surface area contributed by atoms with Crippen LogP contribution in [0.3, 0.4) is 0 Å². The number of benzene rings is 1. The summed E-state index contributed by atoms with van der Waals surface area (Å²) in [6.45, 7) is 0.0237. The number of amides is 1. The zero-order valence-corrected chi connectivity index (χ0v) is 10.00. The molecule has 0 spiro atoms. The lowest BCUT2D eigenvalue weighted by molar-refractivity contribution is -0.141. The standard InChI is InChI=1S/C12H9F4NO3/c13-6-4-5(8(14)10(16)9(6)15)11(18)17-3-1-2-7(17)12(19)20/h4,7H,1-3H2,(H,19,20)/t7-/m1/s1. The zero-order valence-electron chi connectivity index (χ0n) is 10.00. The van der Waals surface area contributed by atoms with Gasteiger partial charge in [-0.25, -0.2) is 22.4 Å². The van der Waals surface area contributed by atoms with E-state index in [1.54, 1.807) is 0 Å². The number of carbonyl (C=O) groups is 2. The SMILES string of the molecule is O=C(O)[C@H]1CCCN1C(=O)c1cc(F)c(F)c(F)c1F. The van der Waals surface area contributed by atoms with E-state index in [9.17, 15) is 27.2 Å². The molecule has 0 bridgehead atoms. The third kappa shape index (κ3) is 2.21. The van der Waals surface area contributed by atoms with Gasteiger partial charge in [-0.1, -0.05) is 0 Å². The van der Waals surface area contributed by atoms with E-state index in [4.69, 9.17) is 5.11 Å². The summed E-state index contributed by atoms with van der Waals surface area (Å²) >= 11 is 0. The highest BCUT2D eigenvalue weighted by atomic mass is 19.2. The van der Waals surface area contributed by atoms with Crippen LogP contribution < -0.4 is 0 Å². The molecule has 4 nitrogen and oxygen atoms in total. The van der Waals surface area contributed by atoms with Gasteiger partial charge in [0.2, 0.25) is 0 Å². The third-order valence-corrected chi connectivity index (χ3v) is 3.13. The normalized spacial score (nSPS) is 18.4. The molecule has 1 aliphatic heterocycles. The van der Waals surface area contributed by atoms with Crippen molar-refractivity contribution >= 4 is 11.9 Å².